The van der Waals surface area contributed by atoms with Crippen molar-refractivity contribution in [3.63, 3.8) is 0 Å². The molecule has 0 aliphatic carbocycles. The zero-order valence-corrected chi connectivity index (χ0v) is 15.5. The van der Waals surface area contributed by atoms with Gasteiger partial charge in [0.05, 0.1) is 26.9 Å². The largest absolute Gasteiger partial charge is 0.493 e. The third kappa shape index (κ3) is 3.74. The predicted octanol–water partition coefficient (Wildman–Crippen LogP) is 1.65. The Morgan fingerprint density at radius 3 is 2.52 bits per heavy atom. The van der Waals surface area contributed by atoms with Gasteiger partial charge in [-0.3, -0.25) is 4.79 Å². The van der Waals surface area contributed by atoms with Crippen molar-refractivity contribution in [3.8, 4) is 11.5 Å². The van der Waals surface area contributed by atoms with Gasteiger partial charge in [-0.25, -0.2) is 0 Å². The van der Waals surface area contributed by atoms with Crippen LogP contribution in [0, 0.1) is 5.92 Å². The Hall–Kier alpha value is -2.27. The summed E-state index contributed by atoms with van der Waals surface area (Å²) in [7, 11) is 2.66. The molecule has 0 aromatic heterocycles. The van der Waals surface area contributed by atoms with Gasteiger partial charge in [0.25, 0.3) is 5.72 Å². The number of nitrogens with one attached hydrogen (secondary N) is 2. The highest BCUT2D eigenvalue weighted by Crippen LogP contribution is 2.46. The molecule has 2 rings (SSSR count). The second-order valence-electron chi connectivity index (χ2n) is 5.65. The highest BCUT2D eigenvalue weighted by molar-refractivity contribution is 7.80. The van der Waals surface area contributed by atoms with Gasteiger partial charge in [-0.15, -0.1) is 0 Å². The summed E-state index contributed by atoms with van der Waals surface area (Å²) >= 11 is 4.84. The van der Waals surface area contributed by atoms with Crippen LogP contribution in [0.1, 0.15) is 18.5 Å². The number of rotatable bonds is 5. The first-order valence-corrected chi connectivity index (χ1v) is 8.26. The normalized spacial score (nSPS) is 25.2. The Morgan fingerprint density at radius 2 is 2.00 bits per heavy atom. The zero-order valence-electron chi connectivity index (χ0n) is 14.7. The van der Waals surface area contributed by atoms with Gasteiger partial charge in [0.1, 0.15) is 5.92 Å². The molecule has 3 atom stereocenters. The fourth-order valence-corrected chi connectivity index (χ4v) is 3.24. The van der Waals surface area contributed by atoms with Gasteiger partial charge in [0, 0.05) is 5.56 Å². The van der Waals surface area contributed by atoms with Crippen LogP contribution in [-0.4, -0.2) is 48.9 Å². The fraction of sp³-hybridized carbons (Fsp3) is 0.500. The third-order valence-electron chi connectivity index (χ3n) is 4.12. The molecule has 3 N–H and O–H groups in total. The van der Waals surface area contributed by atoms with Gasteiger partial charge in [-0.1, -0.05) is 12.1 Å². The predicted molar refractivity (Wildman–Crippen MR) is 92.3 cm³/mol. The summed E-state index contributed by atoms with van der Waals surface area (Å²) < 4.78 is 56.3. The van der Waals surface area contributed by atoms with Crippen molar-refractivity contribution in [2.75, 3.05) is 20.8 Å². The Balaban J connectivity index is 2.68. The van der Waals surface area contributed by atoms with Crippen molar-refractivity contribution in [3.05, 3.63) is 23.8 Å². The van der Waals surface area contributed by atoms with Crippen LogP contribution >= 0.6 is 12.2 Å². The van der Waals surface area contributed by atoms with Gasteiger partial charge in [0.2, 0.25) is 0 Å². The van der Waals surface area contributed by atoms with E-state index in [-0.39, 0.29) is 23.7 Å². The first-order valence-electron chi connectivity index (χ1n) is 7.86. The quantitative estimate of drug-likeness (QED) is 0.501. The molecule has 1 fully saturated rings. The number of hydrogen-bond donors (Lipinski definition) is 3. The molecule has 150 valence electrons. The van der Waals surface area contributed by atoms with Crippen LogP contribution in [0.5, 0.6) is 11.5 Å². The van der Waals surface area contributed by atoms with E-state index in [4.69, 9.17) is 26.4 Å². The van der Waals surface area contributed by atoms with Crippen LogP contribution in [0.3, 0.4) is 0 Å². The van der Waals surface area contributed by atoms with Crippen molar-refractivity contribution in [1.29, 1.82) is 0 Å². The maximum atomic E-state index is 13.7. The molecular formula is C16H19F3N2O5S. The highest BCUT2D eigenvalue weighted by atomic mass is 32.1. The zero-order chi connectivity index (χ0) is 20.4. The molecule has 0 spiro atoms. The molecule has 1 saturated heterocycles. The number of hydrogen-bond acceptors (Lipinski definition) is 6. The van der Waals surface area contributed by atoms with Crippen molar-refractivity contribution in [2.45, 2.75) is 24.9 Å². The summed E-state index contributed by atoms with van der Waals surface area (Å²) in [6, 6.07) is 3.10. The monoisotopic (exact) mass is 408 g/mol. The smallest absolute Gasteiger partial charge is 0.437 e. The molecule has 1 aliphatic heterocycles. The molecule has 0 amide bonds. The van der Waals surface area contributed by atoms with Crippen LogP contribution < -0.4 is 20.1 Å². The van der Waals surface area contributed by atoms with E-state index < -0.39 is 34.9 Å². The number of para-hydroxylation sites is 1. The number of benzene rings is 1. The summed E-state index contributed by atoms with van der Waals surface area (Å²) in [4.78, 5) is 12.4. The van der Waals surface area contributed by atoms with Crippen LogP contribution in [-0.2, 0) is 9.53 Å². The molecule has 1 aromatic rings. The molecule has 0 bridgehead atoms. The number of methoxy groups -OCH3 is 2. The lowest BCUT2D eigenvalue weighted by Gasteiger charge is -2.45. The lowest BCUT2D eigenvalue weighted by Crippen LogP contribution is -2.73. The van der Waals surface area contributed by atoms with E-state index in [1.165, 1.54) is 39.3 Å². The maximum absolute atomic E-state index is 13.7. The number of carbonyl (C=O) groups is 1. The number of carbonyl (C=O) groups excluding carboxylic acids is 1. The minimum absolute atomic E-state index is 0.0982. The average Bonchev–Trinajstić information content (AvgIpc) is 2.59. The van der Waals surface area contributed by atoms with Crippen molar-refractivity contribution < 1.29 is 37.3 Å². The van der Waals surface area contributed by atoms with Gasteiger partial charge >= 0.3 is 12.1 Å². The second kappa shape index (κ2) is 7.77. The molecule has 0 unspecified atom stereocenters. The molecule has 11 heteroatoms. The van der Waals surface area contributed by atoms with Crippen LogP contribution in [0.25, 0.3) is 0 Å². The highest BCUT2D eigenvalue weighted by Gasteiger charge is 2.66. The van der Waals surface area contributed by atoms with Gasteiger partial charge < -0.3 is 30.0 Å². The van der Waals surface area contributed by atoms with Gasteiger partial charge in [0.15, 0.2) is 16.6 Å². The maximum Gasteiger partial charge on any atom is 0.437 e. The first kappa shape index (κ1) is 21.0. The minimum atomic E-state index is -5.22. The van der Waals surface area contributed by atoms with Gasteiger partial charge in [-0.2, -0.15) is 13.2 Å². The van der Waals surface area contributed by atoms with Crippen molar-refractivity contribution >= 4 is 23.3 Å². The van der Waals surface area contributed by atoms with Gasteiger partial charge in [-0.05, 0) is 25.2 Å². The summed E-state index contributed by atoms with van der Waals surface area (Å²) in [5.74, 6) is -3.03. The number of aliphatic hydroxyl groups is 1. The molecule has 0 radical (unpaired) electrons. The number of alkyl halides is 3. The Kier molecular flexibility index (Phi) is 6.05. The number of halogens is 3. The lowest BCUT2D eigenvalue weighted by atomic mass is 9.81. The van der Waals surface area contributed by atoms with E-state index >= 15 is 0 Å². The van der Waals surface area contributed by atoms with Crippen molar-refractivity contribution in [2.24, 2.45) is 5.92 Å². The van der Waals surface area contributed by atoms with E-state index in [0.29, 0.717) is 0 Å². The topological polar surface area (TPSA) is 89.1 Å². The Labute approximate surface area is 158 Å². The summed E-state index contributed by atoms with van der Waals surface area (Å²) in [5, 5.41) is 14.3. The molecule has 7 nitrogen and oxygen atoms in total. The SMILES string of the molecule is CCOC(=O)[C@@H]1[C@@H](c2cccc(OC)c2OC)NC(=S)N[C@@]1(O)C(F)(F)F. The van der Waals surface area contributed by atoms with Crippen LogP contribution in [0.2, 0.25) is 0 Å². The standard InChI is InChI=1S/C16H19F3N2O5S/c1-4-26-13(22)10-11(8-6-5-7-9(24-2)12(8)25-3)20-14(27)21-15(10,23)16(17,18)19/h5-7,10-11,23H,4H2,1-3H3,(H2,20,21,27)/t10-,11+,15-/m0/s1. The summed E-state index contributed by atoms with van der Waals surface area (Å²) in [5.41, 5.74) is -3.50. The average molecular weight is 408 g/mol. The molecular weight excluding hydrogens is 389 g/mol. The minimum Gasteiger partial charge on any atom is -0.493 e. The molecule has 0 saturated carbocycles. The summed E-state index contributed by atoms with van der Waals surface area (Å²) in [6.07, 6.45) is -5.22. The molecule has 1 aliphatic rings. The van der Waals surface area contributed by atoms with E-state index in [9.17, 15) is 23.1 Å². The first-order chi connectivity index (χ1) is 12.6. The van der Waals surface area contributed by atoms with Crippen LogP contribution in [0.4, 0.5) is 13.2 Å². The van der Waals surface area contributed by atoms with Crippen LogP contribution in [0.15, 0.2) is 18.2 Å². The fourth-order valence-electron chi connectivity index (χ4n) is 2.95. The second-order valence-corrected chi connectivity index (χ2v) is 6.06. The van der Waals surface area contributed by atoms with E-state index in [1.807, 2.05) is 0 Å². The third-order valence-corrected chi connectivity index (χ3v) is 4.34. The van der Waals surface area contributed by atoms with Crippen molar-refractivity contribution in [1.82, 2.24) is 10.6 Å². The van der Waals surface area contributed by atoms with E-state index in [1.54, 1.807) is 5.32 Å². The van der Waals surface area contributed by atoms with E-state index in [2.05, 4.69) is 5.32 Å². The lowest BCUT2D eigenvalue weighted by molar-refractivity contribution is -0.292. The number of thiocarbonyl (C=S) groups is 1. The Bertz CT molecular complexity index is 730. The summed E-state index contributed by atoms with van der Waals surface area (Å²) in [6.45, 7) is 1.27. The molecule has 1 heterocycles. The Morgan fingerprint density at radius 1 is 1.33 bits per heavy atom. The molecule has 1 aromatic carbocycles. The van der Waals surface area contributed by atoms with E-state index in [0.717, 1.165) is 0 Å². The molecule has 27 heavy (non-hydrogen) atoms. The number of esters is 1. The number of ether oxygens (including phenoxy) is 3.